The lowest BCUT2D eigenvalue weighted by molar-refractivity contribution is -0.173. The molecule has 7 heteroatoms. The number of benzene rings is 1. The molecule has 0 amide bonds. The maximum atomic E-state index is 13.8. The van der Waals surface area contributed by atoms with Crippen molar-refractivity contribution in [1.29, 1.82) is 5.26 Å². The van der Waals surface area contributed by atoms with Crippen LogP contribution in [0.25, 0.3) is 0 Å². The predicted molar refractivity (Wildman–Crippen MR) is 74.0 cm³/mol. The average Bonchev–Trinajstić information content (AvgIpc) is 2.47. The fourth-order valence-corrected chi connectivity index (χ4v) is 2.74. The monoisotopic (exact) mass is 305 g/mol. The molecule has 2 aromatic rings. The van der Waals surface area contributed by atoms with E-state index in [1.165, 1.54) is 30.5 Å². The number of hydrogen-bond acceptors (Lipinski definition) is 3. The molecule has 0 saturated carbocycles. The highest BCUT2D eigenvalue weighted by atomic mass is 19.4. The third-order valence-corrected chi connectivity index (χ3v) is 4.01. The van der Waals surface area contributed by atoms with Gasteiger partial charge < -0.3 is 10.3 Å². The summed E-state index contributed by atoms with van der Waals surface area (Å²) in [6, 6.07) is 7.07. The molecule has 0 spiro atoms. The Bertz CT molecular complexity index is 864. The van der Waals surface area contributed by atoms with Crippen molar-refractivity contribution >= 4 is 11.4 Å². The Labute approximate surface area is 123 Å². The number of anilines is 2. The van der Waals surface area contributed by atoms with Crippen LogP contribution in [0.1, 0.15) is 23.6 Å². The van der Waals surface area contributed by atoms with Crippen molar-refractivity contribution in [3.05, 3.63) is 57.5 Å². The normalized spacial score (nSPS) is 19.6. The van der Waals surface area contributed by atoms with E-state index in [2.05, 4.69) is 10.3 Å². The summed E-state index contributed by atoms with van der Waals surface area (Å²) >= 11 is 0. The molecule has 1 atom stereocenters. The van der Waals surface area contributed by atoms with Crippen LogP contribution in [0.3, 0.4) is 0 Å². The topological polar surface area (TPSA) is 68.7 Å². The molecule has 1 aliphatic heterocycles. The Morgan fingerprint density at radius 1 is 1.23 bits per heavy atom. The first-order valence-electron chi connectivity index (χ1n) is 6.39. The van der Waals surface area contributed by atoms with Gasteiger partial charge in [-0.15, -0.1) is 0 Å². The lowest BCUT2D eigenvalue weighted by atomic mass is 9.72. The van der Waals surface area contributed by atoms with Gasteiger partial charge in [-0.2, -0.15) is 18.4 Å². The summed E-state index contributed by atoms with van der Waals surface area (Å²) in [5.74, 6) is 0. The van der Waals surface area contributed by atoms with Gasteiger partial charge in [-0.1, -0.05) is 0 Å². The summed E-state index contributed by atoms with van der Waals surface area (Å²) in [5, 5.41) is 11.7. The summed E-state index contributed by atoms with van der Waals surface area (Å²) in [7, 11) is 0. The lowest BCUT2D eigenvalue weighted by Crippen LogP contribution is -2.44. The largest absolute Gasteiger partial charge is 0.402 e. The molecule has 2 heterocycles. The second-order valence-electron chi connectivity index (χ2n) is 5.22. The van der Waals surface area contributed by atoms with E-state index in [0.717, 1.165) is 6.92 Å². The van der Waals surface area contributed by atoms with Crippen molar-refractivity contribution < 1.29 is 13.2 Å². The molecule has 1 aromatic carbocycles. The van der Waals surface area contributed by atoms with Crippen molar-refractivity contribution in [3.63, 3.8) is 0 Å². The van der Waals surface area contributed by atoms with E-state index in [0.29, 0.717) is 0 Å². The van der Waals surface area contributed by atoms with E-state index < -0.39 is 17.2 Å². The van der Waals surface area contributed by atoms with Gasteiger partial charge in [0.1, 0.15) is 11.1 Å². The Hall–Kier alpha value is -2.75. The highest BCUT2D eigenvalue weighted by molar-refractivity contribution is 5.76. The molecule has 0 saturated heterocycles. The minimum atomic E-state index is -4.62. The summed E-state index contributed by atoms with van der Waals surface area (Å²) in [4.78, 5) is 14.2. The third kappa shape index (κ3) is 1.73. The molecular weight excluding hydrogens is 295 g/mol. The van der Waals surface area contributed by atoms with E-state index in [9.17, 15) is 18.0 Å². The van der Waals surface area contributed by atoms with E-state index in [4.69, 9.17) is 5.26 Å². The Morgan fingerprint density at radius 2 is 1.95 bits per heavy atom. The zero-order valence-electron chi connectivity index (χ0n) is 11.4. The SMILES string of the molecule is CC1(C(F)(F)F)c2cc(C#N)ccc2Nc2c1cc[nH]c2=O. The number of aromatic nitrogens is 1. The number of nitrogens with one attached hydrogen (secondary N) is 2. The van der Waals surface area contributed by atoms with Crippen LogP contribution >= 0.6 is 0 Å². The van der Waals surface area contributed by atoms with Crippen molar-refractivity contribution in [2.24, 2.45) is 0 Å². The molecule has 22 heavy (non-hydrogen) atoms. The van der Waals surface area contributed by atoms with Gasteiger partial charge in [0.05, 0.1) is 11.6 Å². The van der Waals surface area contributed by atoms with E-state index >= 15 is 0 Å². The van der Waals surface area contributed by atoms with Gasteiger partial charge in [-0.3, -0.25) is 4.79 Å². The number of alkyl halides is 3. The number of pyridine rings is 1. The van der Waals surface area contributed by atoms with Crippen molar-refractivity contribution in [1.82, 2.24) is 4.98 Å². The fourth-order valence-electron chi connectivity index (χ4n) is 2.74. The average molecular weight is 305 g/mol. The van der Waals surface area contributed by atoms with E-state index in [-0.39, 0.29) is 28.1 Å². The summed E-state index contributed by atoms with van der Waals surface area (Å²) in [6.07, 6.45) is -3.44. The molecule has 1 aliphatic rings. The maximum absolute atomic E-state index is 13.8. The number of fused-ring (bicyclic) bond motifs is 2. The Balaban J connectivity index is 2.41. The molecule has 0 aliphatic carbocycles. The van der Waals surface area contributed by atoms with Crippen LogP contribution in [-0.2, 0) is 5.41 Å². The van der Waals surface area contributed by atoms with Gasteiger partial charge in [0.15, 0.2) is 0 Å². The summed E-state index contributed by atoms with van der Waals surface area (Å²) < 4.78 is 41.5. The first-order valence-corrected chi connectivity index (χ1v) is 6.39. The third-order valence-electron chi connectivity index (χ3n) is 4.01. The first-order chi connectivity index (χ1) is 10.3. The quantitative estimate of drug-likeness (QED) is 0.785. The van der Waals surface area contributed by atoms with Gasteiger partial charge in [0, 0.05) is 17.4 Å². The van der Waals surface area contributed by atoms with Crippen LogP contribution in [0.4, 0.5) is 24.5 Å². The molecule has 1 aromatic heterocycles. The molecule has 3 rings (SSSR count). The summed E-state index contributed by atoms with van der Waals surface area (Å²) in [5.41, 5.74) is -3.05. The Kier molecular flexibility index (Phi) is 2.82. The molecule has 1 unspecified atom stereocenters. The summed E-state index contributed by atoms with van der Waals surface area (Å²) in [6.45, 7) is 1.02. The van der Waals surface area contributed by atoms with Gasteiger partial charge in [0.2, 0.25) is 0 Å². The predicted octanol–water partition coefficient (Wildman–Crippen LogP) is 3.17. The number of H-pyrrole nitrogens is 1. The number of rotatable bonds is 0. The van der Waals surface area contributed by atoms with Crippen LogP contribution in [0.15, 0.2) is 35.3 Å². The molecule has 2 N–H and O–H groups in total. The van der Waals surface area contributed by atoms with Crippen LogP contribution < -0.4 is 10.9 Å². The van der Waals surface area contributed by atoms with Gasteiger partial charge in [-0.25, -0.2) is 0 Å². The van der Waals surface area contributed by atoms with Gasteiger partial charge in [0.25, 0.3) is 5.56 Å². The number of halogens is 3. The minimum absolute atomic E-state index is 0.0721. The molecule has 112 valence electrons. The van der Waals surface area contributed by atoms with Crippen molar-refractivity contribution in [3.8, 4) is 6.07 Å². The molecule has 0 bridgehead atoms. The van der Waals surface area contributed by atoms with E-state index in [1.807, 2.05) is 6.07 Å². The minimum Gasteiger partial charge on any atom is -0.351 e. The Morgan fingerprint density at radius 3 is 2.59 bits per heavy atom. The second kappa shape index (κ2) is 4.37. The molecular formula is C15H10F3N3O. The van der Waals surface area contributed by atoms with Crippen molar-refractivity contribution in [2.75, 3.05) is 5.32 Å². The zero-order valence-corrected chi connectivity index (χ0v) is 11.4. The second-order valence-corrected chi connectivity index (χ2v) is 5.22. The van der Waals surface area contributed by atoms with Gasteiger partial charge >= 0.3 is 6.18 Å². The smallest absolute Gasteiger partial charge is 0.351 e. The highest BCUT2D eigenvalue weighted by Crippen LogP contribution is 2.53. The highest BCUT2D eigenvalue weighted by Gasteiger charge is 2.57. The van der Waals surface area contributed by atoms with Crippen molar-refractivity contribution in [2.45, 2.75) is 18.5 Å². The molecule has 0 fully saturated rings. The number of nitrogens with zero attached hydrogens (tertiary/aromatic N) is 1. The zero-order chi connectivity index (χ0) is 16.1. The number of aromatic amines is 1. The molecule has 4 nitrogen and oxygen atoms in total. The van der Waals surface area contributed by atoms with Gasteiger partial charge in [-0.05, 0) is 36.8 Å². The van der Waals surface area contributed by atoms with Crippen LogP contribution in [0, 0.1) is 11.3 Å². The first kappa shape index (κ1) is 14.2. The van der Waals surface area contributed by atoms with Crippen LogP contribution in [0.2, 0.25) is 0 Å². The lowest BCUT2D eigenvalue weighted by Gasteiger charge is -2.39. The van der Waals surface area contributed by atoms with Crippen LogP contribution in [-0.4, -0.2) is 11.2 Å². The number of nitriles is 1. The standard InChI is InChI=1S/C15H10F3N3O/c1-14(15(16,17)18)9-4-5-20-13(22)12(9)21-11-3-2-8(7-19)6-10(11)14/h2-6,21H,1H3,(H,20,22). The van der Waals surface area contributed by atoms with E-state index in [1.54, 1.807) is 0 Å². The molecule has 0 radical (unpaired) electrons. The maximum Gasteiger partial charge on any atom is 0.402 e. The number of hydrogen-bond donors (Lipinski definition) is 2. The fraction of sp³-hybridized carbons (Fsp3) is 0.200. The van der Waals surface area contributed by atoms with Crippen LogP contribution in [0.5, 0.6) is 0 Å².